The maximum absolute atomic E-state index is 13.3. The number of benzene rings is 2. The van der Waals surface area contributed by atoms with Crippen LogP contribution in [0.15, 0.2) is 42.5 Å². The first-order chi connectivity index (χ1) is 16.5. The molecule has 2 amide bonds. The first-order valence-electron chi connectivity index (χ1n) is 11.8. The molecular formula is C26H36ClN3O4S. The van der Waals surface area contributed by atoms with Gasteiger partial charge in [-0.15, -0.1) is 0 Å². The fraction of sp³-hybridized carbons (Fsp3) is 0.462. The van der Waals surface area contributed by atoms with Crippen LogP contribution in [0.5, 0.6) is 0 Å². The number of aryl methyl sites for hydroxylation is 1. The van der Waals surface area contributed by atoms with Crippen molar-refractivity contribution in [3.63, 3.8) is 0 Å². The van der Waals surface area contributed by atoms with E-state index in [-0.39, 0.29) is 31.3 Å². The van der Waals surface area contributed by atoms with Crippen molar-refractivity contribution in [2.75, 3.05) is 23.7 Å². The van der Waals surface area contributed by atoms with Gasteiger partial charge in [-0.3, -0.25) is 13.9 Å². The van der Waals surface area contributed by atoms with E-state index >= 15 is 0 Å². The number of carbonyl (C=O) groups is 2. The minimum absolute atomic E-state index is 0.100. The molecule has 1 atom stereocenters. The van der Waals surface area contributed by atoms with Crippen LogP contribution in [-0.4, -0.2) is 50.5 Å². The summed E-state index contributed by atoms with van der Waals surface area (Å²) >= 11 is 6.12. The number of carbonyl (C=O) groups excluding carboxylic acids is 2. The number of halogens is 1. The van der Waals surface area contributed by atoms with Gasteiger partial charge in [0.25, 0.3) is 0 Å². The number of hydrogen-bond acceptors (Lipinski definition) is 4. The topological polar surface area (TPSA) is 86.8 Å². The van der Waals surface area contributed by atoms with E-state index in [2.05, 4.69) is 5.32 Å². The maximum Gasteiger partial charge on any atom is 0.242 e. The van der Waals surface area contributed by atoms with E-state index in [0.717, 1.165) is 23.1 Å². The highest BCUT2D eigenvalue weighted by atomic mass is 35.5. The molecule has 0 aromatic heterocycles. The average molecular weight is 522 g/mol. The second-order valence-corrected chi connectivity index (χ2v) is 11.1. The van der Waals surface area contributed by atoms with Gasteiger partial charge in [-0.05, 0) is 68.5 Å². The fourth-order valence-electron chi connectivity index (χ4n) is 3.80. The fourth-order valence-corrected chi connectivity index (χ4v) is 5.03. The van der Waals surface area contributed by atoms with Crippen molar-refractivity contribution in [3.05, 3.63) is 64.2 Å². The lowest BCUT2D eigenvalue weighted by molar-refractivity contribution is -0.140. The van der Waals surface area contributed by atoms with Gasteiger partial charge in [0.15, 0.2) is 0 Å². The van der Waals surface area contributed by atoms with Crippen LogP contribution in [0.25, 0.3) is 0 Å². The molecule has 1 unspecified atom stereocenters. The lowest BCUT2D eigenvalue weighted by atomic mass is 10.1. The van der Waals surface area contributed by atoms with Crippen LogP contribution in [0, 0.1) is 13.8 Å². The average Bonchev–Trinajstić information content (AvgIpc) is 2.79. The minimum Gasteiger partial charge on any atom is -0.354 e. The molecule has 2 aromatic carbocycles. The van der Waals surface area contributed by atoms with Gasteiger partial charge in [-0.25, -0.2) is 8.42 Å². The van der Waals surface area contributed by atoms with Crippen LogP contribution in [0.1, 0.15) is 49.8 Å². The Kier molecular flexibility index (Phi) is 10.6. The Morgan fingerprint density at radius 3 is 2.43 bits per heavy atom. The summed E-state index contributed by atoms with van der Waals surface area (Å²) in [6, 6.07) is 12.0. The predicted molar refractivity (Wildman–Crippen MR) is 142 cm³/mol. The smallest absolute Gasteiger partial charge is 0.242 e. The van der Waals surface area contributed by atoms with Crippen LogP contribution in [0.4, 0.5) is 5.69 Å². The third-order valence-electron chi connectivity index (χ3n) is 5.96. The molecule has 0 aliphatic carbocycles. The van der Waals surface area contributed by atoms with E-state index in [4.69, 9.17) is 11.6 Å². The molecule has 9 heteroatoms. The lowest BCUT2D eigenvalue weighted by Crippen LogP contribution is -2.47. The summed E-state index contributed by atoms with van der Waals surface area (Å²) < 4.78 is 26.4. The largest absolute Gasteiger partial charge is 0.354 e. The third-order valence-corrected chi connectivity index (χ3v) is 7.37. The van der Waals surface area contributed by atoms with E-state index in [9.17, 15) is 18.0 Å². The molecule has 0 aliphatic rings. The molecule has 0 radical (unpaired) electrons. The molecule has 0 fully saturated rings. The van der Waals surface area contributed by atoms with Crippen molar-refractivity contribution >= 4 is 39.1 Å². The maximum atomic E-state index is 13.3. The first-order valence-corrected chi connectivity index (χ1v) is 14.0. The molecule has 0 heterocycles. The molecule has 192 valence electrons. The third kappa shape index (κ3) is 8.25. The number of hydrogen-bond donors (Lipinski definition) is 1. The van der Waals surface area contributed by atoms with Crippen molar-refractivity contribution in [1.82, 2.24) is 10.2 Å². The molecule has 0 aliphatic heterocycles. The number of anilines is 1. The number of rotatable bonds is 12. The van der Waals surface area contributed by atoms with Gasteiger partial charge >= 0.3 is 0 Å². The molecule has 7 nitrogen and oxygen atoms in total. The van der Waals surface area contributed by atoms with E-state index in [1.807, 2.05) is 39.0 Å². The molecule has 0 saturated carbocycles. The van der Waals surface area contributed by atoms with Crippen LogP contribution >= 0.6 is 11.6 Å². The molecule has 1 N–H and O–H groups in total. The molecule has 0 spiro atoms. The van der Waals surface area contributed by atoms with Gasteiger partial charge < -0.3 is 10.2 Å². The Bertz CT molecular complexity index is 1140. The van der Waals surface area contributed by atoms with E-state index < -0.39 is 16.1 Å². The highest BCUT2D eigenvalue weighted by Gasteiger charge is 2.27. The van der Waals surface area contributed by atoms with E-state index in [1.54, 1.807) is 31.2 Å². The van der Waals surface area contributed by atoms with Crippen molar-refractivity contribution in [1.29, 1.82) is 0 Å². The summed E-state index contributed by atoms with van der Waals surface area (Å²) in [7, 11) is -3.54. The van der Waals surface area contributed by atoms with Crippen LogP contribution in [0.2, 0.25) is 5.02 Å². The zero-order valence-corrected chi connectivity index (χ0v) is 22.7. The van der Waals surface area contributed by atoms with Crippen molar-refractivity contribution < 1.29 is 18.0 Å². The normalized spacial score (nSPS) is 12.2. The first kappa shape index (κ1) is 28.7. The van der Waals surface area contributed by atoms with E-state index in [0.29, 0.717) is 23.7 Å². The van der Waals surface area contributed by atoms with Gasteiger partial charge in [0.05, 0.1) is 11.9 Å². The van der Waals surface area contributed by atoms with Gasteiger partial charge in [-0.1, -0.05) is 42.8 Å². The number of nitrogens with zero attached hydrogens (tertiary/aromatic N) is 2. The van der Waals surface area contributed by atoms with Crippen molar-refractivity contribution in [2.24, 2.45) is 0 Å². The number of nitrogens with one attached hydrogen (secondary N) is 1. The van der Waals surface area contributed by atoms with Crippen LogP contribution in [-0.2, 0) is 26.2 Å². The standard InChI is InChI=1S/C26H36ClN3O4S/c1-6-15-28-26(32)21(4)29(18-22-11-8-12-23(27)17-22)25(31)14-9-16-30(35(5,33)34)24-13-7-10-19(2)20(24)3/h7-8,10-13,17,21H,6,9,14-16,18H2,1-5H3,(H,28,32). The second kappa shape index (κ2) is 12.9. The summed E-state index contributed by atoms with van der Waals surface area (Å²) in [5.74, 6) is -0.450. The Hall–Kier alpha value is -2.58. The summed E-state index contributed by atoms with van der Waals surface area (Å²) in [6.45, 7) is 8.40. The monoisotopic (exact) mass is 521 g/mol. The minimum atomic E-state index is -3.54. The lowest BCUT2D eigenvalue weighted by Gasteiger charge is -2.29. The Morgan fingerprint density at radius 2 is 1.80 bits per heavy atom. The molecule has 2 rings (SSSR count). The highest BCUT2D eigenvalue weighted by molar-refractivity contribution is 7.92. The van der Waals surface area contributed by atoms with Gasteiger partial charge in [0, 0.05) is 31.1 Å². The second-order valence-electron chi connectivity index (χ2n) is 8.78. The van der Waals surface area contributed by atoms with Gasteiger partial charge in [0.1, 0.15) is 6.04 Å². The van der Waals surface area contributed by atoms with Crippen LogP contribution in [0.3, 0.4) is 0 Å². The SMILES string of the molecule is CCCNC(=O)C(C)N(Cc1cccc(Cl)c1)C(=O)CCCN(c1cccc(C)c1C)S(C)(=O)=O. The highest BCUT2D eigenvalue weighted by Crippen LogP contribution is 2.25. The molecule has 0 saturated heterocycles. The van der Waals surface area contributed by atoms with Crippen molar-refractivity contribution in [3.8, 4) is 0 Å². The number of sulfonamides is 1. The van der Waals surface area contributed by atoms with Crippen LogP contribution < -0.4 is 9.62 Å². The number of amides is 2. The summed E-state index contributed by atoms with van der Waals surface area (Å²) in [5, 5.41) is 3.40. The van der Waals surface area contributed by atoms with Crippen molar-refractivity contribution in [2.45, 2.75) is 59.5 Å². The van der Waals surface area contributed by atoms with Gasteiger partial charge in [-0.2, -0.15) is 0 Å². The predicted octanol–water partition coefficient (Wildman–Crippen LogP) is 4.45. The quantitative estimate of drug-likeness (QED) is 0.447. The Balaban J connectivity index is 2.19. The summed E-state index contributed by atoms with van der Waals surface area (Å²) in [4.78, 5) is 27.5. The Labute approximate surface area is 214 Å². The zero-order valence-electron chi connectivity index (χ0n) is 21.2. The van der Waals surface area contributed by atoms with E-state index in [1.165, 1.54) is 15.5 Å². The van der Waals surface area contributed by atoms with Gasteiger partial charge in [0.2, 0.25) is 21.8 Å². The Morgan fingerprint density at radius 1 is 1.11 bits per heavy atom. The molecule has 0 bridgehead atoms. The zero-order chi connectivity index (χ0) is 26.2. The molecule has 35 heavy (non-hydrogen) atoms. The summed E-state index contributed by atoms with van der Waals surface area (Å²) in [6.07, 6.45) is 2.38. The molecule has 2 aromatic rings. The molecular weight excluding hydrogens is 486 g/mol. The summed E-state index contributed by atoms with van der Waals surface area (Å²) in [5.41, 5.74) is 3.30.